The fourth-order valence-corrected chi connectivity index (χ4v) is 4.23. The molecule has 12 heteroatoms. The van der Waals surface area contributed by atoms with Gasteiger partial charge < -0.3 is 20.5 Å². The third-order valence-corrected chi connectivity index (χ3v) is 6.70. The minimum atomic E-state index is -3.59. The van der Waals surface area contributed by atoms with E-state index >= 15 is 0 Å². The zero-order valence-corrected chi connectivity index (χ0v) is 19.6. The largest absolute Gasteiger partial charge is 0.394 e. The average Bonchev–Trinajstić information content (AvgIpc) is 2.77. The third kappa shape index (κ3) is 7.09. The summed E-state index contributed by atoms with van der Waals surface area (Å²) >= 11 is 3.37. The Labute approximate surface area is 190 Å². The van der Waals surface area contributed by atoms with Crippen molar-refractivity contribution in [3.05, 3.63) is 34.9 Å². The number of hydrogen-bond donors (Lipinski definition) is 4. The summed E-state index contributed by atoms with van der Waals surface area (Å²) in [4.78, 5) is 10.9. The third-order valence-electron chi connectivity index (χ3n) is 4.65. The monoisotopic (exact) mass is 514 g/mol. The van der Waals surface area contributed by atoms with Crippen LogP contribution in [-0.4, -0.2) is 80.4 Å². The molecule has 1 aromatic carbocycles. The second kappa shape index (κ2) is 11.2. The van der Waals surface area contributed by atoms with E-state index in [-0.39, 0.29) is 17.5 Å². The first-order chi connectivity index (χ1) is 14.9. The lowest BCUT2D eigenvalue weighted by atomic mass is 10.3. The molecular formula is C19H27BrN6O4S. The summed E-state index contributed by atoms with van der Waals surface area (Å²) in [5.41, 5.74) is 0.649. The van der Waals surface area contributed by atoms with Gasteiger partial charge in [0.1, 0.15) is 5.82 Å². The summed E-state index contributed by atoms with van der Waals surface area (Å²) in [6.45, 7) is 5.78. The van der Waals surface area contributed by atoms with E-state index < -0.39 is 10.0 Å². The van der Waals surface area contributed by atoms with E-state index in [1.807, 2.05) is 6.92 Å². The van der Waals surface area contributed by atoms with Crippen molar-refractivity contribution < 1.29 is 18.3 Å². The lowest BCUT2D eigenvalue weighted by molar-refractivity contribution is 0.0390. The molecule has 0 radical (unpaired) electrons. The topological polar surface area (TPSA) is 129 Å². The van der Waals surface area contributed by atoms with Crippen molar-refractivity contribution in [1.82, 2.24) is 19.6 Å². The SMILES string of the molecule is C[C@H](CO)Nc1nc(Nc2ccc(S(=O)(=O)NCCN3CCOCC3)cc2)ncc1Br. The van der Waals surface area contributed by atoms with Crippen molar-refractivity contribution in [2.75, 3.05) is 56.6 Å². The van der Waals surface area contributed by atoms with E-state index in [0.717, 1.165) is 13.1 Å². The van der Waals surface area contributed by atoms with Gasteiger partial charge in [0, 0.05) is 44.1 Å². The smallest absolute Gasteiger partial charge is 0.240 e. The highest BCUT2D eigenvalue weighted by molar-refractivity contribution is 9.10. The van der Waals surface area contributed by atoms with Gasteiger partial charge >= 0.3 is 0 Å². The number of aromatic nitrogens is 2. The van der Waals surface area contributed by atoms with Crippen LogP contribution in [0.2, 0.25) is 0 Å². The van der Waals surface area contributed by atoms with Gasteiger partial charge in [0.15, 0.2) is 0 Å². The number of halogens is 1. The van der Waals surface area contributed by atoms with Crippen LogP contribution in [0.4, 0.5) is 17.5 Å². The quantitative estimate of drug-likeness (QED) is 0.371. The highest BCUT2D eigenvalue weighted by Gasteiger charge is 2.16. The standard InChI is InChI=1S/C19H27BrN6O4S/c1-14(13-27)23-18-17(20)12-21-19(25-18)24-15-2-4-16(5-3-15)31(28,29)22-6-7-26-8-10-30-11-9-26/h2-5,12,14,22,27H,6-11,13H2,1H3,(H2,21,23,24,25)/t14-/m1/s1. The number of sulfonamides is 1. The van der Waals surface area contributed by atoms with Crippen molar-refractivity contribution in [3.63, 3.8) is 0 Å². The molecule has 0 aliphatic carbocycles. The van der Waals surface area contributed by atoms with Crippen molar-refractivity contribution >= 4 is 43.4 Å². The van der Waals surface area contributed by atoms with E-state index in [9.17, 15) is 13.5 Å². The first-order valence-corrected chi connectivity index (χ1v) is 12.2. The normalized spacial score (nSPS) is 16.1. The highest BCUT2D eigenvalue weighted by atomic mass is 79.9. The van der Waals surface area contributed by atoms with Crippen LogP contribution in [0.3, 0.4) is 0 Å². The number of aliphatic hydroxyl groups excluding tert-OH is 1. The predicted octanol–water partition coefficient (Wildman–Crippen LogP) is 1.39. The Bertz CT molecular complexity index is 954. The van der Waals surface area contributed by atoms with Gasteiger partial charge in [-0.05, 0) is 47.1 Å². The zero-order valence-electron chi connectivity index (χ0n) is 17.2. The van der Waals surface area contributed by atoms with Gasteiger partial charge in [0.2, 0.25) is 16.0 Å². The summed E-state index contributed by atoms with van der Waals surface area (Å²) in [5.74, 6) is 0.887. The molecule has 3 rings (SSSR count). The number of anilines is 3. The first-order valence-electron chi connectivity index (χ1n) is 9.94. The molecule has 0 saturated carbocycles. The van der Waals surface area contributed by atoms with Gasteiger partial charge in [0.05, 0.1) is 29.2 Å². The molecular weight excluding hydrogens is 488 g/mol. The van der Waals surface area contributed by atoms with Crippen LogP contribution in [0.5, 0.6) is 0 Å². The van der Waals surface area contributed by atoms with E-state index in [4.69, 9.17) is 4.74 Å². The van der Waals surface area contributed by atoms with Crippen molar-refractivity contribution in [2.24, 2.45) is 0 Å². The molecule has 1 fully saturated rings. The average molecular weight is 515 g/mol. The maximum Gasteiger partial charge on any atom is 0.240 e. The molecule has 1 aliphatic heterocycles. The molecule has 1 atom stereocenters. The van der Waals surface area contributed by atoms with E-state index in [1.165, 1.54) is 12.1 Å². The molecule has 0 unspecified atom stereocenters. The summed E-state index contributed by atoms with van der Waals surface area (Å²) < 4.78 is 33.6. The fraction of sp³-hybridized carbons (Fsp3) is 0.474. The minimum Gasteiger partial charge on any atom is -0.394 e. The van der Waals surface area contributed by atoms with Crippen LogP contribution in [0, 0.1) is 0 Å². The fourth-order valence-electron chi connectivity index (χ4n) is 2.90. The van der Waals surface area contributed by atoms with Crippen LogP contribution in [-0.2, 0) is 14.8 Å². The van der Waals surface area contributed by atoms with Gasteiger partial charge in [-0.25, -0.2) is 18.1 Å². The van der Waals surface area contributed by atoms with Gasteiger partial charge in [0.25, 0.3) is 0 Å². The number of nitrogens with zero attached hydrogens (tertiary/aromatic N) is 3. The molecule has 1 aliphatic rings. The maximum atomic E-state index is 12.5. The lowest BCUT2D eigenvalue weighted by Crippen LogP contribution is -2.41. The Morgan fingerprint density at radius 3 is 2.65 bits per heavy atom. The Balaban J connectivity index is 1.58. The summed E-state index contributed by atoms with van der Waals surface area (Å²) in [6, 6.07) is 6.21. The minimum absolute atomic E-state index is 0.0321. The molecule has 0 amide bonds. The van der Waals surface area contributed by atoms with E-state index in [1.54, 1.807) is 18.3 Å². The predicted molar refractivity (Wildman–Crippen MR) is 122 cm³/mol. The molecule has 2 heterocycles. The molecule has 0 bridgehead atoms. The van der Waals surface area contributed by atoms with Gasteiger partial charge in [-0.3, -0.25) is 4.90 Å². The summed E-state index contributed by atoms with van der Waals surface area (Å²) in [5, 5.41) is 15.3. The van der Waals surface area contributed by atoms with Crippen LogP contribution in [0.1, 0.15) is 6.92 Å². The van der Waals surface area contributed by atoms with Crippen LogP contribution in [0.15, 0.2) is 39.8 Å². The molecule has 31 heavy (non-hydrogen) atoms. The molecule has 1 aromatic heterocycles. The first kappa shape index (κ1) is 23.8. The maximum absolute atomic E-state index is 12.5. The van der Waals surface area contributed by atoms with E-state index in [2.05, 4.69) is 46.2 Å². The van der Waals surface area contributed by atoms with Crippen LogP contribution < -0.4 is 15.4 Å². The molecule has 0 spiro atoms. The molecule has 10 nitrogen and oxygen atoms in total. The second-order valence-electron chi connectivity index (χ2n) is 7.12. The van der Waals surface area contributed by atoms with Crippen molar-refractivity contribution in [2.45, 2.75) is 17.9 Å². The summed E-state index contributed by atoms with van der Waals surface area (Å²) in [7, 11) is -3.59. The van der Waals surface area contributed by atoms with Gasteiger partial charge in [-0.1, -0.05) is 0 Å². The van der Waals surface area contributed by atoms with Crippen molar-refractivity contribution in [3.8, 4) is 0 Å². The number of aliphatic hydroxyl groups is 1. The van der Waals surface area contributed by atoms with Gasteiger partial charge in [-0.2, -0.15) is 4.98 Å². The number of morpholine rings is 1. The second-order valence-corrected chi connectivity index (χ2v) is 9.74. The number of hydrogen-bond acceptors (Lipinski definition) is 9. The van der Waals surface area contributed by atoms with E-state index in [0.29, 0.717) is 48.2 Å². The Kier molecular flexibility index (Phi) is 8.58. The Morgan fingerprint density at radius 2 is 1.97 bits per heavy atom. The zero-order chi connectivity index (χ0) is 22.3. The number of rotatable bonds is 10. The number of ether oxygens (including phenoxy) is 1. The summed E-state index contributed by atoms with van der Waals surface area (Å²) in [6.07, 6.45) is 1.60. The number of benzene rings is 1. The molecule has 1 saturated heterocycles. The Morgan fingerprint density at radius 1 is 1.26 bits per heavy atom. The highest BCUT2D eigenvalue weighted by Crippen LogP contribution is 2.23. The molecule has 2 aromatic rings. The van der Waals surface area contributed by atoms with Crippen LogP contribution in [0.25, 0.3) is 0 Å². The van der Waals surface area contributed by atoms with Gasteiger partial charge in [-0.15, -0.1) is 0 Å². The lowest BCUT2D eigenvalue weighted by Gasteiger charge is -2.26. The van der Waals surface area contributed by atoms with Crippen molar-refractivity contribution in [1.29, 1.82) is 0 Å². The van der Waals surface area contributed by atoms with Crippen LogP contribution >= 0.6 is 15.9 Å². The molecule has 4 N–H and O–H groups in total. The molecule has 170 valence electrons. The number of nitrogens with one attached hydrogen (secondary N) is 3. The Hall–Kier alpha value is -1.83.